The van der Waals surface area contributed by atoms with Crippen molar-refractivity contribution in [2.45, 2.75) is 51.2 Å². The molecule has 1 atom stereocenters. The van der Waals surface area contributed by atoms with Gasteiger partial charge in [0, 0.05) is 18.6 Å². The summed E-state index contributed by atoms with van der Waals surface area (Å²) in [5.74, 6) is 1.44. The van der Waals surface area contributed by atoms with Crippen LogP contribution in [-0.2, 0) is 12.4 Å². The maximum atomic E-state index is 6.08. The van der Waals surface area contributed by atoms with Gasteiger partial charge in [0.05, 0.1) is 16.9 Å². The van der Waals surface area contributed by atoms with Crippen molar-refractivity contribution in [2.75, 3.05) is 7.05 Å². The van der Waals surface area contributed by atoms with Crippen molar-refractivity contribution < 1.29 is 0 Å². The molecular weight excluding hydrogens is 270 g/mol. The summed E-state index contributed by atoms with van der Waals surface area (Å²) in [4.78, 5) is 7.14. The standard InChI is InChI=1S/C16H22ClN3/c1-11-4-7-14-15(8-11)20(16(9-17)18-14)10-12(2)19(3)13-5-6-13/h4,7-8,12-13H,5-6,9-10H2,1-3H3. The highest BCUT2D eigenvalue weighted by Crippen LogP contribution is 2.28. The number of rotatable bonds is 5. The number of hydrogen-bond acceptors (Lipinski definition) is 2. The fourth-order valence-electron chi connectivity index (χ4n) is 2.82. The van der Waals surface area contributed by atoms with Crippen LogP contribution >= 0.6 is 11.6 Å². The molecule has 2 aromatic rings. The molecule has 3 nitrogen and oxygen atoms in total. The predicted octanol–water partition coefficient (Wildman–Crippen LogP) is 3.57. The normalized spacial score (nSPS) is 17.1. The minimum Gasteiger partial charge on any atom is -0.325 e. The molecule has 108 valence electrons. The Labute approximate surface area is 125 Å². The quantitative estimate of drug-likeness (QED) is 0.785. The molecule has 0 saturated heterocycles. The van der Waals surface area contributed by atoms with Crippen molar-refractivity contribution in [1.29, 1.82) is 0 Å². The summed E-state index contributed by atoms with van der Waals surface area (Å²) in [6.45, 7) is 5.36. The lowest BCUT2D eigenvalue weighted by molar-refractivity contribution is 0.226. The second-order valence-corrected chi connectivity index (χ2v) is 6.28. The van der Waals surface area contributed by atoms with Crippen LogP contribution in [0.1, 0.15) is 31.2 Å². The van der Waals surface area contributed by atoms with Gasteiger partial charge in [-0.2, -0.15) is 0 Å². The molecule has 1 aromatic carbocycles. The van der Waals surface area contributed by atoms with Crippen LogP contribution in [0, 0.1) is 6.92 Å². The number of imidazole rings is 1. The molecule has 20 heavy (non-hydrogen) atoms. The van der Waals surface area contributed by atoms with Crippen LogP contribution < -0.4 is 0 Å². The fraction of sp³-hybridized carbons (Fsp3) is 0.562. The molecule has 0 amide bonds. The third-order valence-corrected chi connectivity index (χ3v) is 4.61. The number of fused-ring (bicyclic) bond motifs is 1. The second kappa shape index (κ2) is 5.38. The largest absolute Gasteiger partial charge is 0.325 e. The van der Waals surface area contributed by atoms with E-state index in [-0.39, 0.29) is 0 Å². The molecule has 1 unspecified atom stereocenters. The summed E-state index contributed by atoms with van der Waals surface area (Å²) in [5.41, 5.74) is 3.52. The van der Waals surface area contributed by atoms with Gasteiger partial charge in [0.2, 0.25) is 0 Å². The summed E-state index contributed by atoms with van der Waals surface area (Å²) in [5, 5.41) is 0. The number of likely N-dealkylation sites (N-methyl/N-ethyl adjacent to an activating group) is 1. The van der Waals surface area contributed by atoms with Gasteiger partial charge in [-0.25, -0.2) is 4.98 Å². The Morgan fingerprint density at radius 1 is 1.45 bits per heavy atom. The molecule has 0 spiro atoms. The summed E-state index contributed by atoms with van der Waals surface area (Å²) in [7, 11) is 2.23. The zero-order chi connectivity index (χ0) is 14.3. The van der Waals surface area contributed by atoms with Gasteiger partial charge in [0.1, 0.15) is 5.82 Å². The topological polar surface area (TPSA) is 21.1 Å². The summed E-state index contributed by atoms with van der Waals surface area (Å²) in [6.07, 6.45) is 2.68. The van der Waals surface area contributed by atoms with E-state index in [4.69, 9.17) is 11.6 Å². The Kier molecular flexibility index (Phi) is 3.74. The van der Waals surface area contributed by atoms with Gasteiger partial charge in [-0.1, -0.05) is 6.07 Å². The monoisotopic (exact) mass is 291 g/mol. The highest BCUT2D eigenvalue weighted by atomic mass is 35.5. The molecule has 0 bridgehead atoms. The van der Waals surface area contributed by atoms with Crippen molar-refractivity contribution in [1.82, 2.24) is 14.5 Å². The molecule has 1 fully saturated rings. The van der Waals surface area contributed by atoms with Gasteiger partial charge in [-0.3, -0.25) is 4.90 Å². The van der Waals surface area contributed by atoms with Crippen LogP contribution in [0.2, 0.25) is 0 Å². The summed E-state index contributed by atoms with van der Waals surface area (Å²) in [6, 6.07) is 7.69. The van der Waals surface area contributed by atoms with Gasteiger partial charge in [-0.15, -0.1) is 11.6 Å². The Morgan fingerprint density at radius 2 is 2.20 bits per heavy atom. The first kappa shape index (κ1) is 13.9. The van der Waals surface area contributed by atoms with E-state index in [0.717, 1.165) is 23.9 Å². The van der Waals surface area contributed by atoms with Crippen LogP contribution in [0.5, 0.6) is 0 Å². The van der Waals surface area contributed by atoms with Crippen LogP contribution in [-0.4, -0.2) is 33.6 Å². The van der Waals surface area contributed by atoms with E-state index in [2.05, 4.69) is 53.5 Å². The molecule has 1 aromatic heterocycles. The van der Waals surface area contributed by atoms with Gasteiger partial charge in [0.25, 0.3) is 0 Å². The van der Waals surface area contributed by atoms with Gasteiger partial charge >= 0.3 is 0 Å². The predicted molar refractivity (Wildman–Crippen MR) is 84.3 cm³/mol. The number of aromatic nitrogens is 2. The molecule has 1 aliphatic rings. The lowest BCUT2D eigenvalue weighted by atomic mass is 10.2. The number of benzene rings is 1. The lowest BCUT2D eigenvalue weighted by Crippen LogP contribution is -2.34. The van der Waals surface area contributed by atoms with E-state index in [0.29, 0.717) is 11.9 Å². The van der Waals surface area contributed by atoms with Crippen LogP contribution in [0.15, 0.2) is 18.2 Å². The molecule has 0 radical (unpaired) electrons. The van der Waals surface area contributed by atoms with Crippen LogP contribution in [0.3, 0.4) is 0 Å². The Morgan fingerprint density at radius 3 is 2.85 bits per heavy atom. The molecule has 4 heteroatoms. The maximum Gasteiger partial charge on any atom is 0.124 e. The Balaban J connectivity index is 1.93. The average molecular weight is 292 g/mol. The van der Waals surface area contributed by atoms with E-state index in [1.54, 1.807) is 0 Å². The van der Waals surface area contributed by atoms with Crippen LogP contribution in [0.4, 0.5) is 0 Å². The van der Waals surface area contributed by atoms with Gasteiger partial charge in [0.15, 0.2) is 0 Å². The van der Waals surface area contributed by atoms with E-state index < -0.39 is 0 Å². The molecule has 0 aliphatic heterocycles. The first-order valence-corrected chi connectivity index (χ1v) is 7.87. The van der Waals surface area contributed by atoms with Crippen LogP contribution in [0.25, 0.3) is 11.0 Å². The molecular formula is C16H22ClN3. The molecule has 1 aliphatic carbocycles. The first-order valence-electron chi connectivity index (χ1n) is 7.34. The summed E-state index contributed by atoms with van der Waals surface area (Å²) < 4.78 is 2.29. The summed E-state index contributed by atoms with van der Waals surface area (Å²) >= 11 is 6.08. The number of alkyl halides is 1. The van der Waals surface area contributed by atoms with Crippen molar-refractivity contribution in [3.05, 3.63) is 29.6 Å². The molecule has 1 heterocycles. The third-order valence-electron chi connectivity index (χ3n) is 4.37. The second-order valence-electron chi connectivity index (χ2n) is 6.01. The average Bonchev–Trinajstić information content (AvgIpc) is 3.22. The van der Waals surface area contributed by atoms with E-state index >= 15 is 0 Å². The minimum atomic E-state index is 0.466. The smallest absolute Gasteiger partial charge is 0.124 e. The minimum absolute atomic E-state index is 0.466. The highest BCUT2D eigenvalue weighted by Gasteiger charge is 2.29. The van der Waals surface area contributed by atoms with E-state index in [1.807, 2.05) is 0 Å². The number of halogens is 1. The first-order chi connectivity index (χ1) is 9.60. The SMILES string of the molecule is Cc1ccc2nc(CCl)n(CC(C)N(C)C3CC3)c2c1. The highest BCUT2D eigenvalue weighted by molar-refractivity contribution is 6.16. The number of nitrogens with zero attached hydrogens (tertiary/aromatic N) is 3. The van der Waals surface area contributed by atoms with E-state index in [1.165, 1.54) is 23.9 Å². The zero-order valence-corrected chi connectivity index (χ0v) is 13.2. The molecule has 0 N–H and O–H groups in total. The van der Waals surface area contributed by atoms with E-state index in [9.17, 15) is 0 Å². The number of aryl methyl sites for hydroxylation is 1. The van der Waals surface area contributed by atoms with Crippen molar-refractivity contribution in [3.8, 4) is 0 Å². The van der Waals surface area contributed by atoms with Gasteiger partial charge in [-0.05, 0) is 51.4 Å². The zero-order valence-electron chi connectivity index (χ0n) is 12.4. The Hall–Kier alpha value is -1.06. The third kappa shape index (κ3) is 2.57. The molecule has 1 saturated carbocycles. The van der Waals surface area contributed by atoms with Crippen molar-refractivity contribution in [2.24, 2.45) is 0 Å². The lowest BCUT2D eigenvalue weighted by Gasteiger charge is -2.25. The van der Waals surface area contributed by atoms with Crippen molar-refractivity contribution in [3.63, 3.8) is 0 Å². The molecule has 3 rings (SSSR count). The Bertz CT molecular complexity index is 615. The number of hydrogen-bond donors (Lipinski definition) is 0. The maximum absolute atomic E-state index is 6.08. The fourth-order valence-corrected chi connectivity index (χ4v) is 3.03. The van der Waals surface area contributed by atoms with Crippen molar-refractivity contribution >= 4 is 22.6 Å². The van der Waals surface area contributed by atoms with Gasteiger partial charge < -0.3 is 4.57 Å².